The molecule has 2 rings (SSSR count). The van der Waals surface area contributed by atoms with E-state index in [2.05, 4.69) is 31.5 Å². The summed E-state index contributed by atoms with van der Waals surface area (Å²) in [5, 5.41) is 5.81. The molecule has 2 aromatic rings. The Labute approximate surface area is 162 Å². The molecule has 5 nitrogen and oxygen atoms in total. The van der Waals surface area contributed by atoms with E-state index in [-0.39, 0.29) is 11.8 Å². The van der Waals surface area contributed by atoms with E-state index in [0.717, 1.165) is 28.8 Å². The summed E-state index contributed by atoms with van der Waals surface area (Å²) >= 11 is 3.38. The Morgan fingerprint density at radius 3 is 2.35 bits per heavy atom. The number of hydrogen-bond acceptors (Lipinski definition) is 3. The largest absolute Gasteiger partial charge is 0.325 e. The molecule has 6 heteroatoms. The van der Waals surface area contributed by atoms with Crippen LogP contribution in [0.5, 0.6) is 0 Å². The molecule has 0 aromatic heterocycles. The van der Waals surface area contributed by atoms with Crippen molar-refractivity contribution >= 4 is 39.1 Å². The van der Waals surface area contributed by atoms with Crippen LogP contribution in [-0.4, -0.2) is 36.3 Å². The van der Waals surface area contributed by atoms with Crippen LogP contribution in [0, 0.1) is 6.92 Å². The van der Waals surface area contributed by atoms with Crippen molar-refractivity contribution in [2.24, 2.45) is 0 Å². The Hall–Kier alpha value is -2.18. The summed E-state index contributed by atoms with van der Waals surface area (Å²) in [5.74, 6) is -0.225. The highest BCUT2D eigenvalue weighted by Gasteiger charge is 2.12. The highest BCUT2D eigenvalue weighted by molar-refractivity contribution is 9.10. The lowest BCUT2D eigenvalue weighted by molar-refractivity contribution is -0.117. The second kappa shape index (κ2) is 9.50. The van der Waals surface area contributed by atoms with E-state index in [1.54, 1.807) is 12.1 Å². The molecule has 0 heterocycles. The Bertz CT molecular complexity index is 788. The molecule has 0 unspecified atom stereocenters. The fourth-order valence-electron chi connectivity index (χ4n) is 2.57. The first-order valence-electron chi connectivity index (χ1n) is 8.63. The molecule has 2 amide bonds. The molecule has 0 saturated heterocycles. The van der Waals surface area contributed by atoms with E-state index in [4.69, 9.17) is 0 Å². The number of amides is 2. The van der Waals surface area contributed by atoms with Gasteiger partial charge in [0.15, 0.2) is 0 Å². The molecule has 0 radical (unpaired) electrons. The average Bonchev–Trinajstić information content (AvgIpc) is 2.62. The van der Waals surface area contributed by atoms with Crippen LogP contribution in [0.3, 0.4) is 0 Å². The fraction of sp³-hybridized carbons (Fsp3) is 0.300. The number of halogens is 1. The maximum Gasteiger partial charge on any atom is 0.256 e. The van der Waals surface area contributed by atoms with Gasteiger partial charge in [0.05, 0.1) is 12.1 Å². The minimum absolute atomic E-state index is 0.0400. The number of nitrogens with one attached hydrogen (secondary N) is 2. The van der Waals surface area contributed by atoms with E-state index in [0.29, 0.717) is 17.8 Å². The minimum Gasteiger partial charge on any atom is -0.325 e. The number of carbonyl (C=O) groups is 2. The van der Waals surface area contributed by atoms with Crippen molar-refractivity contribution in [1.82, 2.24) is 4.90 Å². The zero-order valence-corrected chi connectivity index (χ0v) is 16.9. The third kappa shape index (κ3) is 5.41. The second-order valence-electron chi connectivity index (χ2n) is 5.97. The zero-order chi connectivity index (χ0) is 19.1. The number of anilines is 2. The Morgan fingerprint density at radius 2 is 1.73 bits per heavy atom. The maximum absolute atomic E-state index is 12.4. The summed E-state index contributed by atoms with van der Waals surface area (Å²) in [6.07, 6.45) is 0. The molecule has 0 saturated carbocycles. The number of carbonyl (C=O) groups excluding carboxylic acids is 2. The topological polar surface area (TPSA) is 61.4 Å². The molecule has 138 valence electrons. The van der Waals surface area contributed by atoms with Crippen molar-refractivity contribution in [3.63, 3.8) is 0 Å². The Kier molecular flexibility index (Phi) is 7.36. The van der Waals surface area contributed by atoms with E-state index < -0.39 is 0 Å². The lowest BCUT2D eigenvalue weighted by Crippen LogP contribution is -2.33. The van der Waals surface area contributed by atoms with Crippen LogP contribution in [0.1, 0.15) is 29.8 Å². The summed E-state index contributed by atoms with van der Waals surface area (Å²) in [6.45, 7) is 8.01. The van der Waals surface area contributed by atoms with Crippen LogP contribution in [0.25, 0.3) is 0 Å². The standard InChI is InChI=1S/C20H24BrN3O2/c1-4-24(5-2)13-19(25)23-18-11-10-15(12-14(18)3)22-20(26)16-8-6-7-9-17(16)21/h6-12H,4-5,13H2,1-3H3,(H,22,26)(H,23,25). The number of benzene rings is 2. The van der Waals surface area contributed by atoms with Gasteiger partial charge in [-0.05, 0) is 71.8 Å². The number of nitrogens with zero attached hydrogens (tertiary/aromatic N) is 1. The lowest BCUT2D eigenvalue weighted by Gasteiger charge is -2.18. The second-order valence-corrected chi connectivity index (χ2v) is 6.83. The quantitative estimate of drug-likeness (QED) is 0.705. The number of hydrogen-bond donors (Lipinski definition) is 2. The predicted molar refractivity (Wildman–Crippen MR) is 110 cm³/mol. The van der Waals surface area contributed by atoms with Gasteiger partial charge in [-0.15, -0.1) is 0 Å². The van der Waals surface area contributed by atoms with Gasteiger partial charge in [-0.3, -0.25) is 14.5 Å². The highest BCUT2D eigenvalue weighted by Crippen LogP contribution is 2.22. The van der Waals surface area contributed by atoms with Crippen molar-refractivity contribution < 1.29 is 9.59 Å². The molecule has 0 atom stereocenters. The summed E-state index contributed by atoms with van der Waals surface area (Å²) in [4.78, 5) is 26.6. The number of rotatable bonds is 7. The van der Waals surface area contributed by atoms with Crippen LogP contribution >= 0.6 is 15.9 Å². The van der Waals surface area contributed by atoms with Crippen molar-refractivity contribution in [2.45, 2.75) is 20.8 Å². The Morgan fingerprint density at radius 1 is 1.04 bits per heavy atom. The van der Waals surface area contributed by atoms with Gasteiger partial charge in [-0.25, -0.2) is 0 Å². The lowest BCUT2D eigenvalue weighted by atomic mass is 10.1. The molecule has 0 aliphatic carbocycles. The zero-order valence-electron chi connectivity index (χ0n) is 15.3. The average molecular weight is 418 g/mol. The molecule has 2 N–H and O–H groups in total. The molecular weight excluding hydrogens is 394 g/mol. The molecule has 0 bridgehead atoms. The predicted octanol–water partition coefficient (Wildman–Crippen LogP) is 4.29. The SMILES string of the molecule is CCN(CC)CC(=O)Nc1ccc(NC(=O)c2ccccc2Br)cc1C. The van der Waals surface area contributed by atoms with Crippen molar-refractivity contribution in [1.29, 1.82) is 0 Å². The maximum atomic E-state index is 12.4. The van der Waals surface area contributed by atoms with Gasteiger partial charge in [0.25, 0.3) is 5.91 Å². The smallest absolute Gasteiger partial charge is 0.256 e. The highest BCUT2D eigenvalue weighted by atomic mass is 79.9. The molecule has 26 heavy (non-hydrogen) atoms. The van der Waals surface area contributed by atoms with Gasteiger partial charge in [0.1, 0.15) is 0 Å². The summed E-state index contributed by atoms with van der Waals surface area (Å²) in [5.41, 5.74) is 2.90. The van der Waals surface area contributed by atoms with Crippen molar-refractivity contribution in [3.8, 4) is 0 Å². The van der Waals surface area contributed by atoms with Crippen molar-refractivity contribution in [2.75, 3.05) is 30.3 Å². The summed E-state index contributed by atoms with van der Waals surface area (Å²) in [6, 6.07) is 12.7. The van der Waals surface area contributed by atoms with Crippen LogP contribution in [0.2, 0.25) is 0 Å². The van der Waals surface area contributed by atoms with Crippen molar-refractivity contribution in [3.05, 3.63) is 58.1 Å². The van der Waals surface area contributed by atoms with Crippen LogP contribution < -0.4 is 10.6 Å². The van der Waals surface area contributed by atoms with E-state index in [9.17, 15) is 9.59 Å². The summed E-state index contributed by atoms with van der Waals surface area (Å²) < 4.78 is 0.745. The molecule has 2 aromatic carbocycles. The third-order valence-corrected chi connectivity index (χ3v) is 4.83. The van der Waals surface area contributed by atoms with Gasteiger partial charge < -0.3 is 10.6 Å². The molecule has 0 aliphatic rings. The third-order valence-electron chi connectivity index (χ3n) is 4.14. The van der Waals surface area contributed by atoms with E-state index in [1.807, 2.05) is 51.1 Å². The molecular formula is C20H24BrN3O2. The van der Waals surface area contributed by atoms with Crippen LogP contribution in [0.4, 0.5) is 11.4 Å². The first-order valence-corrected chi connectivity index (χ1v) is 9.42. The van der Waals surface area contributed by atoms with E-state index in [1.165, 1.54) is 0 Å². The van der Waals surface area contributed by atoms with Gasteiger partial charge in [0.2, 0.25) is 5.91 Å². The number of likely N-dealkylation sites (N-methyl/N-ethyl adjacent to an activating group) is 1. The fourth-order valence-corrected chi connectivity index (χ4v) is 3.03. The summed E-state index contributed by atoms with van der Waals surface area (Å²) in [7, 11) is 0. The van der Waals surface area contributed by atoms with Crippen LogP contribution in [0.15, 0.2) is 46.9 Å². The van der Waals surface area contributed by atoms with Gasteiger partial charge in [0, 0.05) is 15.8 Å². The first kappa shape index (κ1) is 20.1. The van der Waals surface area contributed by atoms with E-state index >= 15 is 0 Å². The molecule has 0 aliphatic heterocycles. The normalized spacial score (nSPS) is 10.7. The van der Waals surface area contributed by atoms with Gasteiger partial charge in [-0.1, -0.05) is 26.0 Å². The van der Waals surface area contributed by atoms with Gasteiger partial charge >= 0.3 is 0 Å². The first-order chi connectivity index (χ1) is 12.4. The minimum atomic E-state index is -0.185. The van der Waals surface area contributed by atoms with Crippen LogP contribution in [-0.2, 0) is 4.79 Å². The molecule has 0 spiro atoms. The Balaban J connectivity index is 2.04. The molecule has 0 fully saturated rings. The number of aryl methyl sites for hydroxylation is 1. The van der Waals surface area contributed by atoms with Gasteiger partial charge in [-0.2, -0.15) is 0 Å². The monoisotopic (exact) mass is 417 g/mol.